The predicted octanol–water partition coefficient (Wildman–Crippen LogP) is 0.636. The average Bonchev–Trinajstić information content (AvgIpc) is 3.10. The number of nitrogens with zero attached hydrogens (tertiary/aromatic N) is 1. The first-order valence-corrected chi connectivity index (χ1v) is 8.52. The molecule has 2 unspecified atom stereocenters. The van der Waals surface area contributed by atoms with Gasteiger partial charge >= 0.3 is 5.97 Å². The molecule has 0 bridgehead atoms. The summed E-state index contributed by atoms with van der Waals surface area (Å²) in [4.78, 5) is 48.3. The number of likely N-dealkylation sites (tertiary alicyclic amines) is 1. The largest absolute Gasteiger partial charge is 0.481 e. The first-order valence-electron chi connectivity index (χ1n) is 8.52. The van der Waals surface area contributed by atoms with Crippen LogP contribution in [-0.2, 0) is 19.2 Å². The third-order valence-corrected chi connectivity index (χ3v) is 4.25. The van der Waals surface area contributed by atoms with Crippen molar-refractivity contribution in [2.45, 2.75) is 44.3 Å². The van der Waals surface area contributed by atoms with Crippen molar-refractivity contribution >= 4 is 29.8 Å². The molecule has 3 atom stereocenters. The molecule has 0 aliphatic carbocycles. The van der Waals surface area contributed by atoms with E-state index in [1.807, 2.05) is 30.3 Å². The second-order valence-corrected chi connectivity index (χ2v) is 6.27. The fourth-order valence-electron chi connectivity index (χ4n) is 3.00. The molecule has 1 aromatic carbocycles. The number of nitrogens with one attached hydrogen (secondary N) is 2. The number of carboxylic acids is 1. The summed E-state index contributed by atoms with van der Waals surface area (Å²) in [7, 11) is 0. The summed E-state index contributed by atoms with van der Waals surface area (Å²) in [6.45, 7) is 2.17. The van der Waals surface area contributed by atoms with Gasteiger partial charge in [-0.05, 0) is 31.9 Å². The smallest absolute Gasteiger partial charge is 0.305 e. The van der Waals surface area contributed by atoms with Crippen LogP contribution in [0.5, 0.6) is 0 Å². The minimum absolute atomic E-state index is 0.215. The fraction of sp³-hybridized carbons (Fsp3) is 0.444. The van der Waals surface area contributed by atoms with Crippen molar-refractivity contribution in [1.82, 2.24) is 10.2 Å². The topological polar surface area (TPSA) is 116 Å². The SMILES string of the molecule is CC(Nc1ccccc1)C(=O)N1CCCC1C(=O)N[C@H](C=O)CC(=O)O. The average molecular weight is 361 g/mol. The number of carbonyl (C=O) groups is 4. The molecule has 8 nitrogen and oxygen atoms in total. The normalized spacial score (nSPS) is 18.7. The number of hydrogen-bond acceptors (Lipinski definition) is 5. The van der Waals surface area contributed by atoms with Gasteiger partial charge in [-0.3, -0.25) is 14.4 Å². The quantitative estimate of drug-likeness (QED) is 0.585. The Morgan fingerprint density at radius 3 is 2.62 bits per heavy atom. The second-order valence-electron chi connectivity index (χ2n) is 6.27. The molecule has 0 radical (unpaired) electrons. The first kappa shape index (κ1) is 19.4. The lowest BCUT2D eigenvalue weighted by Crippen LogP contribution is -2.52. The molecule has 1 heterocycles. The molecule has 0 spiro atoms. The third kappa shape index (κ3) is 5.05. The number of rotatable bonds is 8. The number of anilines is 1. The van der Waals surface area contributed by atoms with E-state index in [0.29, 0.717) is 25.7 Å². The molecular formula is C18H23N3O5. The van der Waals surface area contributed by atoms with E-state index in [4.69, 9.17) is 5.11 Å². The lowest BCUT2D eigenvalue weighted by Gasteiger charge is -2.28. The zero-order valence-electron chi connectivity index (χ0n) is 14.6. The van der Waals surface area contributed by atoms with Crippen LogP contribution in [0.15, 0.2) is 30.3 Å². The summed E-state index contributed by atoms with van der Waals surface area (Å²) in [5.41, 5.74) is 0.802. The molecule has 8 heteroatoms. The third-order valence-electron chi connectivity index (χ3n) is 4.25. The standard InChI is InChI=1S/C18H23N3O5/c1-12(19-13-6-3-2-4-7-13)18(26)21-9-5-8-15(21)17(25)20-14(11-22)10-16(23)24/h2-4,6-7,11-12,14-15,19H,5,8-10H2,1H3,(H,20,25)(H,23,24)/t12?,14-,15?/m0/s1. The highest BCUT2D eigenvalue weighted by atomic mass is 16.4. The molecule has 1 aliphatic heterocycles. The van der Waals surface area contributed by atoms with Gasteiger partial charge in [0.15, 0.2) is 0 Å². The summed E-state index contributed by atoms with van der Waals surface area (Å²) in [5, 5.41) is 14.3. The van der Waals surface area contributed by atoms with Crippen molar-refractivity contribution in [1.29, 1.82) is 0 Å². The van der Waals surface area contributed by atoms with Gasteiger partial charge in [0.05, 0.1) is 12.5 Å². The van der Waals surface area contributed by atoms with Gasteiger partial charge in [-0.1, -0.05) is 18.2 Å². The van der Waals surface area contributed by atoms with Crippen LogP contribution in [0.2, 0.25) is 0 Å². The molecule has 2 rings (SSSR count). The maximum Gasteiger partial charge on any atom is 0.305 e. The van der Waals surface area contributed by atoms with Crippen molar-refractivity contribution in [3.05, 3.63) is 30.3 Å². The molecule has 0 saturated carbocycles. The number of benzene rings is 1. The van der Waals surface area contributed by atoms with Gasteiger partial charge in [0.25, 0.3) is 0 Å². The monoisotopic (exact) mass is 361 g/mol. The number of hydrogen-bond donors (Lipinski definition) is 3. The Morgan fingerprint density at radius 1 is 1.31 bits per heavy atom. The van der Waals surface area contributed by atoms with Gasteiger partial charge in [0.2, 0.25) is 11.8 Å². The number of aliphatic carboxylic acids is 1. The number of amides is 2. The Balaban J connectivity index is 1.99. The Morgan fingerprint density at radius 2 is 2.00 bits per heavy atom. The van der Waals surface area contributed by atoms with Gasteiger partial charge in [0, 0.05) is 12.2 Å². The van der Waals surface area contributed by atoms with Crippen LogP contribution in [-0.4, -0.2) is 58.7 Å². The molecular weight excluding hydrogens is 338 g/mol. The predicted molar refractivity (Wildman–Crippen MR) is 94.5 cm³/mol. The Hall–Kier alpha value is -2.90. The second kappa shape index (κ2) is 8.98. The van der Waals surface area contributed by atoms with Crippen LogP contribution in [0.3, 0.4) is 0 Å². The van der Waals surface area contributed by atoms with Gasteiger partial charge in [-0.25, -0.2) is 0 Å². The summed E-state index contributed by atoms with van der Waals surface area (Å²) >= 11 is 0. The van der Waals surface area contributed by atoms with Crippen molar-refractivity contribution in [2.75, 3.05) is 11.9 Å². The van der Waals surface area contributed by atoms with Gasteiger partial charge in [-0.2, -0.15) is 0 Å². The molecule has 140 valence electrons. The minimum atomic E-state index is -1.18. The zero-order valence-corrected chi connectivity index (χ0v) is 14.6. The van der Waals surface area contributed by atoms with Crippen molar-refractivity contribution in [3.63, 3.8) is 0 Å². The van der Waals surface area contributed by atoms with E-state index in [2.05, 4.69) is 10.6 Å². The lowest BCUT2D eigenvalue weighted by molar-refractivity contribution is -0.141. The van der Waals surface area contributed by atoms with Gasteiger partial charge < -0.3 is 25.4 Å². The minimum Gasteiger partial charge on any atom is -0.481 e. The molecule has 2 amide bonds. The van der Waals surface area contributed by atoms with Crippen LogP contribution in [0.25, 0.3) is 0 Å². The summed E-state index contributed by atoms with van der Waals surface area (Å²) in [6, 6.07) is 6.96. The molecule has 1 aromatic rings. The highest BCUT2D eigenvalue weighted by molar-refractivity contribution is 5.92. The van der Waals surface area contributed by atoms with Crippen LogP contribution >= 0.6 is 0 Å². The van der Waals surface area contributed by atoms with E-state index in [1.54, 1.807) is 6.92 Å². The van der Waals surface area contributed by atoms with E-state index < -0.39 is 36.4 Å². The molecule has 1 saturated heterocycles. The van der Waals surface area contributed by atoms with E-state index >= 15 is 0 Å². The summed E-state index contributed by atoms with van der Waals surface area (Å²) in [6.07, 6.45) is 1.06. The Bertz CT molecular complexity index is 664. The molecule has 0 aromatic heterocycles. The highest BCUT2D eigenvalue weighted by Crippen LogP contribution is 2.20. The molecule has 1 fully saturated rings. The number of carboxylic acid groups (broad SMARTS) is 1. The van der Waals surface area contributed by atoms with E-state index in [-0.39, 0.29) is 5.91 Å². The Labute approximate surface area is 151 Å². The van der Waals surface area contributed by atoms with Crippen molar-refractivity contribution in [3.8, 4) is 0 Å². The number of carbonyl (C=O) groups excluding carboxylic acids is 3. The van der Waals surface area contributed by atoms with Crippen molar-refractivity contribution in [2.24, 2.45) is 0 Å². The summed E-state index contributed by atoms with van der Waals surface area (Å²) in [5.74, 6) is -1.89. The Kier molecular flexibility index (Phi) is 6.71. The van der Waals surface area contributed by atoms with Crippen LogP contribution in [0.4, 0.5) is 5.69 Å². The van der Waals surface area contributed by atoms with Gasteiger partial charge in [0.1, 0.15) is 18.4 Å². The maximum absolute atomic E-state index is 12.7. The van der Waals surface area contributed by atoms with E-state index in [0.717, 1.165) is 5.69 Å². The molecule has 3 N–H and O–H groups in total. The van der Waals surface area contributed by atoms with Crippen molar-refractivity contribution < 1.29 is 24.3 Å². The van der Waals surface area contributed by atoms with E-state index in [9.17, 15) is 19.2 Å². The van der Waals surface area contributed by atoms with Gasteiger partial charge in [-0.15, -0.1) is 0 Å². The fourth-order valence-corrected chi connectivity index (χ4v) is 3.00. The summed E-state index contributed by atoms with van der Waals surface area (Å²) < 4.78 is 0. The van der Waals surface area contributed by atoms with Crippen LogP contribution < -0.4 is 10.6 Å². The lowest BCUT2D eigenvalue weighted by atomic mass is 10.1. The highest BCUT2D eigenvalue weighted by Gasteiger charge is 2.36. The number of para-hydroxylation sites is 1. The molecule has 26 heavy (non-hydrogen) atoms. The first-order chi connectivity index (χ1) is 12.4. The maximum atomic E-state index is 12.7. The van der Waals surface area contributed by atoms with Crippen LogP contribution in [0, 0.1) is 0 Å². The number of aldehydes is 1. The van der Waals surface area contributed by atoms with E-state index in [1.165, 1.54) is 4.90 Å². The van der Waals surface area contributed by atoms with Crippen LogP contribution in [0.1, 0.15) is 26.2 Å². The molecule has 1 aliphatic rings. The zero-order chi connectivity index (χ0) is 19.1.